The van der Waals surface area contributed by atoms with Crippen molar-refractivity contribution in [1.82, 2.24) is 0 Å². The minimum absolute atomic E-state index is 0.0985. The van der Waals surface area contributed by atoms with Crippen molar-refractivity contribution in [2.24, 2.45) is 0 Å². The van der Waals surface area contributed by atoms with Crippen molar-refractivity contribution in [3.05, 3.63) is 23.7 Å². The Morgan fingerprint density at radius 1 is 1.46 bits per heavy atom. The van der Waals surface area contributed by atoms with Gasteiger partial charge in [-0.3, -0.25) is 4.57 Å². The predicted molar refractivity (Wildman–Crippen MR) is 49.4 cm³/mol. The van der Waals surface area contributed by atoms with Crippen LogP contribution in [0.5, 0.6) is 0 Å². The van der Waals surface area contributed by atoms with Crippen molar-refractivity contribution in [3.8, 4) is 0 Å². The second kappa shape index (κ2) is 4.09. The quantitative estimate of drug-likeness (QED) is 0.661. The van der Waals surface area contributed by atoms with Crippen LogP contribution in [0, 0.1) is 0 Å². The monoisotopic (exact) mass is 204 g/mol. The van der Waals surface area contributed by atoms with Gasteiger partial charge in [-0.25, -0.2) is 0 Å². The Labute approximate surface area is 77.7 Å². The molecule has 1 atom stereocenters. The summed E-state index contributed by atoms with van der Waals surface area (Å²) in [7, 11) is -0.545. The van der Waals surface area contributed by atoms with Crippen LogP contribution in [0.3, 0.4) is 0 Å². The zero-order valence-electron chi connectivity index (χ0n) is 7.89. The molecule has 1 aliphatic heterocycles. The molecular formula is C8H13O4P. The lowest BCUT2D eigenvalue weighted by Crippen LogP contribution is -2.09. The van der Waals surface area contributed by atoms with Gasteiger partial charge in [-0.1, -0.05) is 6.08 Å². The van der Waals surface area contributed by atoms with Gasteiger partial charge in [0.25, 0.3) is 0 Å². The van der Waals surface area contributed by atoms with Crippen LogP contribution < -0.4 is 0 Å². The molecule has 0 aromatic carbocycles. The Morgan fingerprint density at radius 2 is 2.08 bits per heavy atom. The molecule has 1 aliphatic rings. The van der Waals surface area contributed by atoms with E-state index in [1.807, 2.05) is 13.0 Å². The van der Waals surface area contributed by atoms with Gasteiger partial charge in [-0.05, 0) is 19.1 Å². The molecule has 0 spiro atoms. The third kappa shape index (κ3) is 2.21. The van der Waals surface area contributed by atoms with Crippen molar-refractivity contribution in [3.63, 3.8) is 0 Å². The fourth-order valence-electron chi connectivity index (χ4n) is 0.974. The lowest BCUT2D eigenvalue weighted by molar-refractivity contribution is 0.163. The lowest BCUT2D eigenvalue weighted by Gasteiger charge is -2.21. The lowest BCUT2D eigenvalue weighted by atomic mass is 10.3. The Bertz CT molecular complexity index is 274. The van der Waals surface area contributed by atoms with Crippen LogP contribution in [-0.2, 0) is 18.3 Å². The zero-order chi connectivity index (χ0) is 9.90. The average molecular weight is 204 g/mol. The van der Waals surface area contributed by atoms with Crippen molar-refractivity contribution in [1.29, 1.82) is 0 Å². The predicted octanol–water partition coefficient (Wildman–Crippen LogP) is 2.29. The normalized spacial score (nSPS) is 22.4. The molecule has 5 heteroatoms. The van der Waals surface area contributed by atoms with E-state index in [9.17, 15) is 4.57 Å². The molecule has 0 aliphatic carbocycles. The summed E-state index contributed by atoms with van der Waals surface area (Å²) in [5, 5.41) is 0. The van der Waals surface area contributed by atoms with Gasteiger partial charge in [0, 0.05) is 14.2 Å². The highest BCUT2D eigenvalue weighted by Crippen LogP contribution is 2.55. The van der Waals surface area contributed by atoms with E-state index in [0.29, 0.717) is 0 Å². The van der Waals surface area contributed by atoms with Gasteiger partial charge in [0.2, 0.25) is 5.50 Å². The summed E-state index contributed by atoms with van der Waals surface area (Å²) in [6.45, 7) is 1.85. The molecule has 0 radical (unpaired) electrons. The van der Waals surface area contributed by atoms with Gasteiger partial charge in [-0.2, -0.15) is 0 Å². The van der Waals surface area contributed by atoms with E-state index in [-0.39, 0.29) is 11.6 Å². The molecule has 74 valence electrons. The maximum atomic E-state index is 11.8. The first-order chi connectivity index (χ1) is 6.12. The third-order valence-corrected chi connectivity index (χ3v) is 3.43. The average Bonchev–Trinajstić information content (AvgIpc) is 2.17. The molecule has 0 saturated heterocycles. The van der Waals surface area contributed by atoms with Crippen molar-refractivity contribution < 1.29 is 18.3 Å². The van der Waals surface area contributed by atoms with Crippen LogP contribution in [0.15, 0.2) is 23.7 Å². The van der Waals surface area contributed by atoms with Crippen LogP contribution in [0.25, 0.3) is 0 Å². The Morgan fingerprint density at radius 3 is 2.54 bits per heavy atom. The fraction of sp³-hybridized carbons (Fsp3) is 0.500. The molecule has 0 aromatic rings. The van der Waals surface area contributed by atoms with E-state index in [4.69, 9.17) is 13.8 Å². The second-order valence-electron chi connectivity index (χ2n) is 2.58. The molecule has 1 unspecified atom stereocenters. The van der Waals surface area contributed by atoms with Crippen LogP contribution in [-0.4, -0.2) is 20.3 Å². The van der Waals surface area contributed by atoms with Crippen LogP contribution in [0.4, 0.5) is 0 Å². The van der Waals surface area contributed by atoms with Gasteiger partial charge >= 0.3 is 7.60 Å². The van der Waals surface area contributed by atoms with E-state index >= 15 is 0 Å². The minimum Gasteiger partial charge on any atom is -0.479 e. The molecule has 0 bridgehead atoms. The maximum Gasteiger partial charge on any atom is 0.395 e. The molecule has 0 aromatic heterocycles. The summed E-state index contributed by atoms with van der Waals surface area (Å²) < 4.78 is 26.6. The molecule has 0 saturated carbocycles. The molecule has 13 heavy (non-hydrogen) atoms. The SMILES string of the molecule is COP(=O)(OC)C1=CC=CC(C)O1. The molecule has 0 amide bonds. The smallest absolute Gasteiger partial charge is 0.395 e. The molecule has 4 nitrogen and oxygen atoms in total. The number of allylic oxidation sites excluding steroid dienone is 2. The first-order valence-electron chi connectivity index (χ1n) is 3.89. The molecule has 0 N–H and O–H groups in total. The first-order valence-corrected chi connectivity index (χ1v) is 5.44. The summed E-state index contributed by atoms with van der Waals surface area (Å²) in [6.07, 6.45) is 5.11. The van der Waals surface area contributed by atoms with Gasteiger partial charge < -0.3 is 13.8 Å². The summed E-state index contributed by atoms with van der Waals surface area (Å²) in [6, 6.07) is 0. The van der Waals surface area contributed by atoms with Crippen molar-refractivity contribution in [2.75, 3.05) is 14.2 Å². The zero-order valence-corrected chi connectivity index (χ0v) is 8.78. The van der Waals surface area contributed by atoms with Gasteiger partial charge in [0.1, 0.15) is 6.10 Å². The summed E-state index contributed by atoms with van der Waals surface area (Å²) in [4.78, 5) is 0. The summed E-state index contributed by atoms with van der Waals surface area (Å²) in [5.74, 6) is 0. The number of rotatable bonds is 3. The number of ether oxygens (including phenoxy) is 1. The van der Waals surface area contributed by atoms with E-state index in [2.05, 4.69) is 0 Å². The topological polar surface area (TPSA) is 44.8 Å². The summed E-state index contributed by atoms with van der Waals surface area (Å²) in [5.41, 5.74) is 0.257. The molecule has 0 fully saturated rings. The maximum absolute atomic E-state index is 11.8. The Hall–Kier alpha value is -0.570. The van der Waals surface area contributed by atoms with E-state index in [0.717, 1.165) is 0 Å². The van der Waals surface area contributed by atoms with E-state index in [1.165, 1.54) is 14.2 Å². The van der Waals surface area contributed by atoms with E-state index < -0.39 is 7.60 Å². The van der Waals surface area contributed by atoms with Gasteiger partial charge in [0.15, 0.2) is 0 Å². The van der Waals surface area contributed by atoms with E-state index in [1.54, 1.807) is 12.2 Å². The summed E-state index contributed by atoms with van der Waals surface area (Å²) >= 11 is 0. The highest BCUT2D eigenvalue weighted by atomic mass is 31.2. The third-order valence-electron chi connectivity index (χ3n) is 1.68. The molecular weight excluding hydrogens is 191 g/mol. The Kier molecular flexibility index (Phi) is 3.31. The standard InChI is InChI=1S/C8H13O4P/c1-7-5-4-6-8(12-7)13(9,10-2)11-3/h4-7H,1-3H3. The fourth-order valence-corrected chi connectivity index (χ4v) is 2.05. The largest absolute Gasteiger partial charge is 0.479 e. The van der Waals surface area contributed by atoms with Gasteiger partial charge in [-0.15, -0.1) is 0 Å². The number of hydrogen-bond donors (Lipinski definition) is 0. The van der Waals surface area contributed by atoms with Crippen LogP contribution in [0.2, 0.25) is 0 Å². The first kappa shape index (κ1) is 10.5. The van der Waals surface area contributed by atoms with Crippen LogP contribution >= 0.6 is 7.60 Å². The highest BCUT2D eigenvalue weighted by molar-refractivity contribution is 7.58. The van der Waals surface area contributed by atoms with Crippen LogP contribution in [0.1, 0.15) is 6.92 Å². The minimum atomic E-state index is -3.21. The molecule has 1 rings (SSSR count). The second-order valence-corrected chi connectivity index (χ2v) is 4.74. The van der Waals surface area contributed by atoms with Crippen molar-refractivity contribution in [2.45, 2.75) is 13.0 Å². The Balaban J connectivity index is 2.88. The molecule has 1 heterocycles. The van der Waals surface area contributed by atoms with Gasteiger partial charge in [0.05, 0.1) is 0 Å². The number of hydrogen-bond acceptors (Lipinski definition) is 4. The highest BCUT2D eigenvalue weighted by Gasteiger charge is 2.31. The van der Waals surface area contributed by atoms with Crippen molar-refractivity contribution >= 4 is 7.60 Å².